The zero-order valence-corrected chi connectivity index (χ0v) is 17.0. The van der Waals surface area contributed by atoms with E-state index in [2.05, 4.69) is 0 Å². The standard InChI is InChI=1S/C22H23NO7/c1-14-22(26)23(17-6-4-5-7-19(17)30-14)11-10-21(25)29-13-18(24)16-9-8-15(27-2)12-20(16)28-3/h4-9,12,14H,10-11,13H2,1-3H3. The summed E-state index contributed by atoms with van der Waals surface area (Å²) in [5.74, 6) is 0.245. The van der Waals surface area contributed by atoms with Gasteiger partial charge in [0.2, 0.25) is 5.78 Å². The number of methoxy groups -OCH3 is 2. The van der Waals surface area contributed by atoms with Gasteiger partial charge < -0.3 is 23.8 Å². The lowest BCUT2D eigenvalue weighted by Gasteiger charge is -2.32. The van der Waals surface area contributed by atoms with Crippen LogP contribution in [0.4, 0.5) is 5.69 Å². The summed E-state index contributed by atoms with van der Waals surface area (Å²) in [6.07, 6.45) is -0.695. The lowest BCUT2D eigenvalue weighted by molar-refractivity contribution is -0.142. The Hall–Kier alpha value is -3.55. The molecule has 0 fully saturated rings. The first kappa shape index (κ1) is 21.2. The third-order valence-corrected chi connectivity index (χ3v) is 4.69. The maximum absolute atomic E-state index is 12.4. The minimum Gasteiger partial charge on any atom is -0.497 e. The number of Topliss-reactive ketones (excluding diaryl/α,β-unsaturated/α-hetero) is 1. The molecule has 8 heteroatoms. The number of hydrogen-bond donors (Lipinski definition) is 0. The molecule has 30 heavy (non-hydrogen) atoms. The molecule has 158 valence electrons. The van der Waals surface area contributed by atoms with Crippen LogP contribution in [-0.2, 0) is 14.3 Å². The number of ketones is 1. The molecular formula is C22H23NO7. The van der Waals surface area contributed by atoms with Gasteiger partial charge in [0.05, 0.1) is 31.9 Å². The van der Waals surface area contributed by atoms with Crippen molar-refractivity contribution in [1.82, 2.24) is 0 Å². The SMILES string of the molecule is COc1ccc(C(=O)COC(=O)CCN2C(=O)C(C)Oc3ccccc32)c(OC)c1. The van der Waals surface area contributed by atoms with Crippen molar-refractivity contribution in [3.8, 4) is 17.2 Å². The molecule has 0 aliphatic carbocycles. The molecule has 0 radical (unpaired) electrons. The van der Waals surface area contributed by atoms with Gasteiger partial charge in [-0.2, -0.15) is 0 Å². The fraction of sp³-hybridized carbons (Fsp3) is 0.318. The van der Waals surface area contributed by atoms with Crippen molar-refractivity contribution in [2.24, 2.45) is 0 Å². The molecule has 2 aromatic carbocycles. The zero-order valence-electron chi connectivity index (χ0n) is 17.0. The first-order valence-corrected chi connectivity index (χ1v) is 9.42. The number of para-hydroxylation sites is 2. The number of carbonyl (C=O) groups is 3. The summed E-state index contributed by atoms with van der Waals surface area (Å²) in [6, 6.07) is 11.9. The summed E-state index contributed by atoms with van der Waals surface area (Å²) in [6.45, 7) is 1.36. The average Bonchev–Trinajstić information content (AvgIpc) is 2.77. The van der Waals surface area contributed by atoms with Gasteiger partial charge in [0.15, 0.2) is 12.7 Å². The first-order valence-electron chi connectivity index (χ1n) is 9.42. The third kappa shape index (κ3) is 4.53. The van der Waals surface area contributed by atoms with E-state index in [0.717, 1.165) is 0 Å². The molecule has 0 saturated carbocycles. The number of benzene rings is 2. The summed E-state index contributed by atoms with van der Waals surface area (Å²) in [5.41, 5.74) is 0.893. The molecule has 1 atom stereocenters. The van der Waals surface area contributed by atoms with Crippen LogP contribution in [0, 0.1) is 0 Å². The normalized spacial score (nSPS) is 15.1. The van der Waals surface area contributed by atoms with E-state index in [1.807, 2.05) is 6.07 Å². The molecule has 1 heterocycles. The van der Waals surface area contributed by atoms with E-state index >= 15 is 0 Å². The minimum absolute atomic E-state index is 0.0557. The predicted octanol–water partition coefficient (Wildman–Crippen LogP) is 2.63. The molecule has 0 saturated heterocycles. The highest BCUT2D eigenvalue weighted by Gasteiger charge is 2.31. The Bertz CT molecular complexity index is 956. The second-order valence-electron chi connectivity index (χ2n) is 6.62. The Kier molecular flexibility index (Phi) is 6.56. The van der Waals surface area contributed by atoms with Gasteiger partial charge >= 0.3 is 5.97 Å². The molecule has 1 amide bonds. The number of anilines is 1. The third-order valence-electron chi connectivity index (χ3n) is 4.69. The molecule has 1 aliphatic rings. The fourth-order valence-corrected chi connectivity index (χ4v) is 3.12. The highest BCUT2D eigenvalue weighted by Crippen LogP contribution is 2.33. The molecule has 0 N–H and O–H groups in total. The fourth-order valence-electron chi connectivity index (χ4n) is 3.12. The van der Waals surface area contributed by atoms with E-state index in [0.29, 0.717) is 22.9 Å². The highest BCUT2D eigenvalue weighted by molar-refractivity contribution is 6.01. The van der Waals surface area contributed by atoms with E-state index in [1.54, 1.807) is 43.3 Å². The molecule has 2 aromatic rings. The quantitative estimate of drug-likeness (QED) is 0.485. The van der Waals surface area contributed by atoms with Crippen molar-refractivity contribution < 1.29 is 33.3 Å². The first-order chi connectivity index (χ1) is 14.4. The van der Waals surface area contributed by atoms with Crippen molar-refractivity contribution in [2.45, 2.75) is 19.4 Å². The number of hydrogen-bond acceptors (Lipinski definition) is 7. The minimum atomic E-state index is -0.639. The lowest BCUT2D eigenvalue weighted by atomic mass is 10.1. The van der Waals surface area contributed by atoms with Gasteiger partial charge in [0.1, 0.15) is 17.2 Å². The van der Waals surface area contributed by atoms with Gasteiger partial charge in [-0.15, -0.1) is 0 Å². The second kappa shape index (κ2) is 9.30. The number of carbonyl (C=O) groups excluding carboxylic acids is 3. The summed E-state index contributed by atoms with van der Waals surface area (Å²) >= 11 is 0. The predicted molar refractivity (Wildman–Crippen MR) is 108 cm³/mol. The molecule has 1 unspecified atom stereocenters. The summed E-state index contributed by atoms with van der Waals surface area (Å²) in [5, 5.41) is 0. The Morgan fingerprint density at radius 1 is 1.10 bits per heavy atom. The molecule has 3 rings (SSSR count). The van der Waals surface area contributed by atoms with Crippen LogP contribution < -0.4 is 19.1 Å². The smallest absolute Gasteiger partial charge is 0.308 e. The maximum Gasteiger partial charge on any atom is 0.308 e. The summed E-state index contributed by atoms with van der Waals surface area (Å²) < 4.78 is 21.0. The van der Waals surface area contributed by atoms with Crippen LogP contribution in [0.5, 0.6) is 17.2 Å². The molecule has 0 bridgehead atoms. The van der Waals surface area contributed by atoms with Crippen molar-refractivity contribution >= 4 is 23.3 Å². The number of nitrogens with zero attached hydrogens (tertiary/aromatic N) is 1. The molecule has 1 aliphatic heterocycles. The Morgan fingerprint density at radius 2 is 1.87 bits per heavy atom. The van der Waals surface area contributed by atoms with Crippen molar-refractivity contribution in [3.05, 3.63) is 48.0 Å². The summed E-state index contributed by atoms with van der Waals surface area (Å²) in [7, 11) is 2.95. The van der Waals surface area contributed by atoms with Gasteiger partial charge in [-0.3, -0.25) is 14.4 Å². The lowest BCUT2D eigenvalue weighted by Crippen LogP contribution is -2.45. The van der Waals surface area contributed by atoms with Gasteiger partial charge in [-0.05, 0) is 31.2 Å². The van der Waals surface area contributed by atoms with E-state index in [-0.39, 0.29) is 24.4 Å². The monoisotopic (exact) mass is 413 g/mol. The van der Waals surface area contributed by atoms with Crippen LogP contribution in [0.2, 0.25) is 0 Å². The molecule has 8 nitrogen and oxygen atoms in total. The van der Waals surface area contributed by atoms with E-state index < -0.39 is 24.5 Å². The molecule has 0 aromatic heterocycles. The van der Waals surface area contributed by atoms with E-state index in [1.165, 1.54) is 19.1 Å². The van der Waals surface area contributed by atoms with Crippen LogP contribution in [0.25, 0.3) is 0 Å². The molecular weight excluding hydrogens is 390 g/mol. The second-order valence-corrected chi connectivity index (χ2v) is 6.62. The van der Waals surface area contributed by atoms with E-state index in [4.69, 9.17) is 18.9 Å². The van der Waals surface area contributed by atoms with Crippen molar-refractivity contribution in [3.63, 3.8) is 0 Å². The van der Waals surface area contributed by atoms with Crippen LogP contribution in [-0.4, -0.2) is 51.1 Å². The molecule has 0 spiro atoms. The van der Waals surface area contributed by atoms with Crippen LogP contribution >= 0.6 is 0 Å². The number of rotatable bonds is 8. The summed E-state index contributed by atoms with van der Waals surface area (Å²) in [4.78, 5) is 38.5. The van der Waals surface area contributed by atoms with Gasteiger partial charge in [-0.1, -0.05) is 12.1 Å². The average molecular weight is 413 g/mol. The van der Waals surface area contributed by atoms with Crippen LogP contribution in [0.15, 0.2) is 42.5 Å². The number of amides is 1. The Morgan fingerprint density at radius 3 is 2.60 bits per heavy atom. The Labute approximate surface area is 174 Å². The van der Waals surface area contributed by atoms with Crippen molar-refractivity contribution in [2.75, 3.05) is 32.3 Å². The van der Waals surface area contributed by atoms with Crippen LogP contribution in [0.1, 0.15) is 23.7 Å². The largest absolute Gasteiger partial charge is 0.497 e. The Balaban J connectivity index is 1.58. The van der Waals surface area contributed by atoms with E-state index in [9.17, 15) is 14.4 Å². The van der Waals surface area contributed by atoms with Crippen LogP contribution in [0.3, 0.4) is 0 Å². The highest BCUT2D eigenvalue weighted by atomic mass is 16.5. The van der Waals surface area contributed by atoms with Crippen molar-refractivity contribution in [1.29, 1.82) is 0 Å². The number of ether oxygens (including phenoxy) is 4. The van der Waals surface area contributed by atoms with Gasteiger partial charge in [0.25, 0.3) is 5.91 Å². The topological polar surface area (TPSA) is 91.4 Å². The number of fused-ring (bicyclic) bond motifs is 1. The van der Waals surface area contributed by atoms with Gasteiger partial charge in [-0.25, -0.2) is 0 Å². The van der Waals surface area contributed by atoms with Gasteiger partial charge in [0, 0.05) is 12.6 Å². The number of esters is 1. The maximum atomic E-state index is 12.4. The zero-order chi connectivity index (χ0) is 21.7.